The Hall–Kier alpha value is -1.15. The lowest BCUT2D eigenvalue weighted by atomic mass is 9.84. The number of hydrogen-bond donors (Lipinski definition) is 1. The fourth-order valence-corrected chi connectivity index (χ4v) is 2.20. The molecule has 1 rings (SSSR count). The molecule has 2 nitrogen and oxygen atoms in total. The minimum atomic E-state index is 0.0467. The van der Waals surface area contributed by atoms with Gasteiger partial charge in [-0.3, -0.25) is 4.79 Å². The Labute approximate surface area is 117 Å². The molecule has 0 radical (unpaired) electrons. The number of benzene rings is 1. The van der Waals surface area contributed by atoms with Crippen molar-refractivity contribution in [1.82, 2.24) is 5.32 Å². The van der Waals surface area contributed by atoms with Gasteiger partial charge in [0.2, 0.25) is 0 Å². The second-order valence-electron chi connectivity index (χ2n) is 6.60. The first kappa shape index (κ1) is 15.9. The van der Waals surface area contributed by atoms with Gasteiger partial charge in [0.1, 0.15) is 0 Å². The maximum atomic E-state index is 12.5. The zero-order valence-corrected chi connectivity index (χ0v) is 13.1. The van der Waals surface area contributed by atoms with Crippen molar-refractivity contribution < 1.29 is 4.79 Å². The molecule has 1 aromatic carbocycles. The van der Waals surface area contributed by atoms with Gasteiger partial charge < -0.3 is 5.32 Å². The topological polar surface area (TPSA) is 29.1 Å². The summed E-state index contributed by atoms with van der Waals surface area (Å²) in [6, 6.07) is 8.08. The predicted molar refractivity (Wildman–Crippen MR) is 81.7 cm³/mol. The first-order valence-electron chi connectivity index (χ1n) is 7.06. The molecule has 0 saturated carbocycles. The zero-order valence-electron chi connectivity index (χ0n) is 13.1. The van der Waals surface area contributed by atoms with Crippen LogP contribution >= 0.6 is 0 Å². The molecule has 2 heteroatoms. The average molecular weight is 261 g/mol. The van der Waals surface area contributed by atoms with Gasteiger partial charge in [-0.1, -0.05) is 58.9 Å². The Kier molecular flexibility index (Phi) is 5.30. The van der Waals surface area contributed by atoms with Crippen LogP contribution in [0.4, 0.5) is 0 Å². The van der Waals surface area contributed by atoms with E-state index in [2.05, 4.69) is 52.1 Å². The molecule has 0 fully saturated rings. The number of rotatable bonds is 5. The minimum Gasteiger partial charge on any atom is -0.319 e. The average Bonchev–Trinajstić information content (AvgIpc) is 2.34. The summed E-state index contributed by atoms with van der Waals surface area (Å²) in [4.78, 5) is 12.5. The molecule has 1 unspecified atom stereocenters. The highest BCUT2D eigenvalue weighted by Gasteiger charge is 2.23. The van der Waals surface area contributed by atoms with Crippen LogP contribution in [0.25, 0.3) is 0 Å². The molecule has 0 aliphatic rings. The maximum absolute atomic E-state index is 12.5. The number of carbonyl (C=O) groups excluding carboxylic acids is 1. The summed E-state index contributed by atoms with van der Waals surface area (Å²) in [6.07, 6.45) is 0. The van der Waals surface area contributed by atoms with Crippen molar-refractivity contribution in [2.75, 3.05) is 13.6 Å². The molecule has 1 aromatic rings. The van der Waals surface area contributed by atoms with Gasteiger partial charge in [-0.05, 0) is 23.9 Å². The van der Waals surface area contributed by atoms with Gasteiger partial charge in [-0.2, -0.15) is 0 Å². The molecule has 0 amide bonds. The lowest BCUT2D eigenvalue weighted by Crippen LogP contribution is -2.30. The van der Waals surface area contributed by atoms with Crippen molar-refractivity contribution in [3.05, 3.63) is 35.4 Å². The Morgan fingerprint density at radius 3 is 2.05 bits per heavy atom. The van der Waals surface area contributed by atoms with Crippen LogP contribution < -0.4 is 5.32 Å². The van der Waals surface area contributed by atoms with Crippen molar-refractivity contribution >= 4 is 5.78 Å². The quantitative estimate of drug-likeness (QED) is 0.820. The second-order valence-corrected chi connectivity index (χ2v) is 6.60. The van der Waals surface area contributed by atoms with Crippen LogP contribution in [-0.2, 0) is 5.41 Å². The fraction of sp³-hybridized carbons (Fsp3) is 0.588. The van der Waals surface area contributed by atoms with Gasteiger partial charge in [0.15, 0.2) is 5.78 Å². The monoisotopic (exact) mass is 261 g/mol. The molecule has 0 saturated heterocycles. The van der Waals surface area contributed by atoms with E-state index in [9.17, 15) is 4.79 Å². The Bertz CT molecular complexity index is 412. The lowest BCUT2D eigenvalue weighted by Gasteiger charge is -2.21. The molecule has 0 heterocycles. The molecule has 19 heavy (non-hydrogen) atoms. The number of carbonyl (C=O) groups is 1. The lowest BCUT2D eigenvalue weighted by molar-refractivity contribution is 0.0886. The van der Waals surface area contributed by atoms with E-state index in [1.165, 1.54) is 5.56 Å². The molecule has 0 aliphatic carbocycles. The van der Waals surface area contributed by atoms with Gasteiger partial charge in [0.05, 0.1) is 0 Å². The van der Waals surface area contributed by atoms with Crippen molar-refractivity contribution in [2.45, 2.75) is 40.0 Å². The number of ketones is 1. The van der Waals surface area contributed by atoms with Crippen molar-refractivity contribution in [3.63, 3.8) is 0 Å². The smallest absolute Gasteiger partial charge is 0.167 e. The molecule has 1 atom stereocenters. The van der Waals surface area contributed by atoms with Crippen LogP contribution in [-0.4, -0.2) is 19.4 Å². The van der Waals surface area contributed by atoms with Crippen LogP contribution in [0.5, 0.6) is 0 Å². The molecule has 0 aliphatic heterocycles. The molecular formula is C17H27NO. The van der Waals surface area contributed by atoms with E-state index in [0.717, 1.165) is 12.1 Å². The summed E-state index contributed by atoms with van der Waals surface area (Å²) in [5.74, 6) is 0.637. The number of Topliss-reactive ketones (excluding diaryl/α,β-unsaturated/α-hetero) is 1. The van der Waals surface area contributed by atoms with E-state index in [1.807, 2.05) is 19.2 Å². The highest BCUT2D eigenvalue weighted by atomic mass is 16.1. The Morgan fingerprint density at radius 1 is 1.16 bits per heavy atom. The van der Waals surface area contributed by atoms with Crippen LogP contribution in [0.2, 0.25) is 0 Å². The van der Waals surface area contributed by atoms with Crippen molar-refractivity contribution in [1.29, 1.82) is 0 Å². The summed E-state index contributed by atoms with van der Waals surface area (Å²) in [7, 11) is 1.89. The molecule has 0 aromatic heterocycles. The standard InChI is InChI=1S/C17H27NO/c1-12(2)15(11-18-6)16(19)13-7-9-14(10-8-13)17(3,4)5/h7-10,12,15,18H,11H2,1-6H3. The van der Waals surface area contributed by atoms with E-state index in [4.69, 9.17) is 0 Å². The third kappa shape index (κ3) is 4.17. The Morgan fingerprint density at radius 2 is 1.68 bits per heavy atom. The number of nitrogens with one attached hydrogen (secondary N) is 1. The van der Waals surface area contributed by atoms with Gasteiger partial charge in [0, 0.05) is 18.0 Å². The first-order valence-corrected chi connectivity index (χ1v) is 7.06. The molecular weight excluding hydrogens is 234 g/mol. The highest BCUT2D eigenvalue weighted by Crippen LogP contribution is 2.24. The number of hydrogen-bond acceptors (Lipinski definition) is 2. The normalized spacial score (nSPS) is 13.6. The summed E-state index contributed by atoms with van der Waals surface area (Å²) in [6.45, 7) is 11.5. The zero-order chi connectivity index (χ0) is 14.6. The predicted octanol–water partition coefficient (Wildman–Crippen LogP) is 3.66. The van der Waals surface area contributed by atoms with Gasteiger partial charge in [-0.25, -0.2) is 0 Å². The van der Waals surface area contributed by atoms with Crippen molar-refractivity contribution in [3.8, 4) is 0 Å². The van der Waals surface area contributed by atoms with E-state index < -0.39 is 0 Å². The van der Waals surface area contributed by atoms with E-state index in [0.29, 0.717) is 5.92 Å². The minimum absolute atomic E-state index is 0.0467. The largest absolute Gasteiger partial charge is 0.319 e. The van der Waals surface area contributed by atoms with Gasteiger partial charge in [-0.15, -0.1) is 0 Å². The Balaban J connectivity index is 2.94. The summed E-state index contributed by atoms with van der Waals surface area (Å²) in [5, 5.41) is 3.11. The summed E-state index contributed by atoms with van der Waals surface area (Å²) >= 11 is 0. The van der Waals surface area contributed by atoms with Crippen LogP contribution in [0.3, 0.4) is 0 Å². The maximum Gasteiger partial charge on any atom is 0.167 e. The van der Waals surface area contributed by atoms with Crippen molar-refractivity contribution in [2.24, 2.45) is 11.8 Å². The molecule has 106 valence electrons. The SMILES string of the molecule is CNCC(C(=O)c1ccc(C(C)(C)C)cc1)C(C)C. The molecule has 0 bridgehead atoms. The van der Waals surface area contributed by atoms with E-state index >= 15 is 0 Å². The molecule has 1 N–H and O–H groups in total. The summed E-state index contributed by atoms with van der Waals surface area (Å²) in [5.41, 5.74) is 2.21. The van der Waals surface area contributed by atoms with Crippen LogP contribution in [0.15, 0.2) is 24.3 Å². The van der Waals surface area contributed by atoms with Crippen LogP contribution in [0.1, 0.15) is 50.5 Å². The van der Waals surface area contributed by atoms with Gasteiger partial charge in [0.25, 0.3) is 0 Å². The third-order valence-corrected chi connectivity index (χ3v) is 3.60. The second kappa shape index (κ2) is 6.33. The first-order chi connectivity index (χ1) is 8.77. The van der Waals surface area contributed by atoms with Gasteiger partial charge >= 0.3 is 0 Å². The van der Waals surface area contributed by atoms with Crippen LogP contribution in [0, 0.1) is 11.8 Å². The third-order valence-electron chi connectivity index (χ3n) is 3.60. The molecule has 0 spiro atoms. The highest BCUT2D eigenvalue weighted by molar-refractivity contribution is 5.98. The van der Waals surface area contributed by atoms with E-state index in [-0.39, 0.29) is 17.1 Å². The van der Waals surface area contributed by atoms with E-state index in [1.54, 1.807) is 0 Å². The fourth-order valence-electron chi connectivity index (χ4n) is 2.20. The summed E-state index contributed by atoms with van der Waals surface area (Å²) < 4.78 is 0.